The third-order valence-corrected chi connectivity index (χ3v) is 5.75. The van der Waals surface area contributed by atoms with Gasteiger partial charge in [0.25, 0.3) is 0 Å². The van der Waals surface area contributed by atoms with Gasteiger partial charge in [-0.2, -0.15) is 5.10 Å². The molecule has 1 atom stereocenters. The Morgan fingerprint density at radius 1 is 1.30 bits per heavy atom. The van der Waals surface area contributed by atoms with E-state index in [1.165, 1.54) is 12.0 Å². The van der Waals surface area contributed by atoms with E-state index in [1.807, 2.05) is 18.2 Å². The van der Waals surface area contributed by atoms with E-state index in [2.05, 4.69) is 46.0 Å². The monoisotopic (exact) mass is 362 g/mol. The van der Waals surface area contributed by atoms with Crippen LogP contribution in [0.2, 0.25) is 0 Å². The van der Waals surface area contributed by atoms with Crippen LogP contribution in [0.4, 0.5) is 10.5 Å². The third-order valence-electron chi connectivity index (χ3n) is 5.75. The first-order valence-electron chi connectivity index (χ1n) is 9.41. The number of rotatable bonds is 2. The van der Waals surface area contributed by atoms with E-state index >= 15 is 0 Å². The van der Waals surface area contributed by atoms with E-state index in [0.29, 0.717) is 0 Å². The summed E-state index contributed by atoms with van der Waals surface area (Å²) in [5, 5.41) is 14.0. The van der Waals surface area contributed by atoms with Crippen LogP contribution >= 0.6 is 0 Å². The SMILES string of the molecule is Cc1ccc2c(c1)OC1(CCC1)CC2NC(=O)Nc1cccc2[nH]ncc12. The number of hydrogen-bond acceptors (Lipinski definition) is 3. The van der Waals surface area contributed by atoms with Crippen LogP contribution in [0.15, 0.2) is 42.6 Å². The fourth-order valence-corrected chi connectivity index (χ4v) is 4.17. The molecule has 0 bridgehead atoms. The van der Waals surface area contributed by atoms with Gasteiger partial charge in [-0.1, -0.05) is 18.2 Å². The Morgan fingerprint density at radius 3 is 3.00 bits per heavy atom. The maximum Gasteiger partial charge on any atom is 0.319 e. The zero-order valence-electron chi connectivity index (χ0n) is 15.2. The Kier molecular flexibility index (Phi) is 3.60. The highest BCUT2D eigenvalue weighted by Crippen LogP contribution is 2.49. The number of hydrogen-bond donors (Lipinski definition) is 3. The van der Waals surface area contributed by atoms with Crippen LogP contribution in [-0.2, 0) is 0 Å². The lowest BCUT2D eigenvalue weighted by Gasteiger charge is -2.48. The fourth-order valence-electron chi connectivity index (χ4n) is 4.17. The van der Waals surface area contributed by atoms with Crippen molar-refractivity contribution in [1.82, 2.24) is 15.5 Å². The van der Waals surface area contributed by atoms with Crippen molar-refractivity contribution in [3.63, 3.8) is 0 Å². The zero-order chi connectivity index (χ0) is 18.4. The molecular weight excluding hydrogens is 340 g/mol. The van der Waals surface area contributed by atoms with Crippen molar-refractivity contribution >= 4 is 22.6 Å². The largest absolute Gasteiger partial charge is 0.487 e. The molecule has 138 valence electrons. The molecular formula is C21H22N4O2. The second-order valence-corrected chi connectivity index (χ2v) is 7.67. The number of urea groups is 1. The second-order valence-electron chi connectivity index (χ2n) is 7.67. The number of carbonyl (C=O) groups excluding carboxylic acids is 1. The molecule has 1 spiro atoms. The summed E-state index contributed by atoms with van der Waals surface area (Å²) < 4.78 is 6.33. The van der Waals surface area contributed by atoms with E-state index in [1.54, 1.807) is 6.20 Å². The highest BCUT2D eigenvalue weighted by atomic mass is 16.5. The van der Waals surface area contributed by atoms with Gasteiger partial charge in [0.05, 0.1) is 23.4 Å². The lowest BCUT2D eigenvalue weighted by atomic mass is 9.73. The molecule has 1 aliphatic heterocycles. The first-order valence-corrected chi connectivity index (χ1v) is 9.41. The van der Waals surface area contributed by atoms with E-state index < -0.39 is 0 Å². The normalized spacial score (nSPS) is 19.8. The number of aryl methyl sites for hydroxylation is 1. The van der Waals surface area contributed by atoms with E-state index in [0.717, 1.165) is 47.2 Å². The van der Waals surface area contributed by atoms with Crippen molar-refractivity contribution in [3.8, 4) is 5.75 Å². The first-order chi connectivity index (χ1) is 13.1. The average Bonchev–Trinajstić information content (AvgIpc) is 3.09. The number of fused-ring (bicyclic) bond motifs is 2. The minimum atomic E-state index is -0.211. The van der Waals surface area contributed by atoms with Crippen LogP contribution in [0.25, 0.3) is 10.9 Å². The Bertz CT molecular complexity index is 1020. The molecule has 1 unspecified atom stereocenters. The Morgan fingerprint density at radius 2 is 2.19 bits per heavy atom. The maximum absolute atomic E-state index is 12.7. The molecule has 27 heavy (non-hydrogen) atoms. The summed E-state index contributed by atoms with van der Waals surface area (Å²) in [4.78, 5) is 12.7. The van der Waals surface area contributed by atoms with Gasteiger partial charge in [-0.05, 0) is 49.9 Å². The molecule has 3 aromatic rings. The molecule has 1 fully saturated rings. The summed E-state index contributed by atoms with van der Waals surface area (Å²) in [7, 11) is 0. The van der Waals surface area contributed by atoms with Crippen LogP contribution in [0.1, 0.15) is 42.9 Å². The van der Waals surface area contributed by atoms with Crippen LogP contribution in [0, 0.1) is 6.92 Å². The summed E-state index contributed by atoms with van der Waals surface area (Å²) >= 11 is 0. The van der Waals surface area contributed by atoms with Crippen LogP contribution in [0.5, 0.6) is 5.75 Å². The Hall–Kier alpha value is -3.02. The molecule has 0 radical (unpaired) electrons. The van der Waals surface area contributed by atoms with Crippen molar-refractivity contribution in [2.75, 3.05) is 5.32 Å². The number of aromatic nitrogens is 2. The van der Waals surface area contributed by atoms with Gasteiger partial charge in [-0.3, -0.25) is 5.10 Å². The van der Waals surface area contributed by atoms with Crippen molar-refractivity contribution < 1.29 is 9.53 Å². The number of benzene rings is 2. The van der Waals surface area contributed by atoms with Crippen LogP contribution < -0.4 is 15.4 Å². The topological polar surface area (TPSA) is 79.0 Å². The lowest BCUT2D eigenvalue weighted by molar-refractivity contribution is -0.0354. The van der Waals surface area contributed by atoms with Gasteiger partial charge in [0.15, 0.2) is 0 Å². The predicted molar refractivity (Wildman–Crippen MR) is 104 cm³/mol. The number of anilines is 1. The fraction of sp³-hybridized carbons (Fsp3) is 0.333. The summed E-state index contributed by atoms with van der Waals surface area (Å²) in [6, 6.07) is 11.7. The number of ether oxygens (including phenoxy) is 1. The minimum Gasteiger partial charge on any atom is -0.487 e. The van der Waals surface area contributed by atoms with Crippen molar-refractivity contribution in [2.24, 2.45) is 0 Å². The number of amides is 2. The summed E-state index contributed by atoms with van der Waals surface area (Å²) in [5.74, 6) is 0.906. The van der Waals surface area contributed by atoms with E-state index in [-0.39, 0.29) is 17.7 Å². The van der Waals surface area contributed by atoms with Crippen molar-refractivity contribution in [2.45, 2.75) is 44.2 Å². The molecule has 2 aromatic carbocycles. The molecule has 2 heterocycles. The number of carbonyl (C=O) groups is 1. The first kappa shape index (κ1) is 16.2. The smallest absolute Gasteiger partial charge is 0.319 e. The highest BCUT2D eigenvalue weighted by Gasteiger charge is 2.45. The molecule has 1 aromatic heterocycles. The molecule has 2 aliphatic rings. The maximum atomic E-state index is 12.7. The highest BCUT2D eigenvalue weighted by molar-refractivity contribution is 6.00. The zero-order valence-corrected chi connectivity index (χ0v) is 15.2. The van der Waals surface area contributed by atoms with Gasteiger partial charge in [-0.15, -0.1) is 0 Å². The van der Waals surface area contributed by atoms with Crippen molar-refractivity contribution in [3.05, 3.63) is 53.7 Å². The number of nitrogens with one attached hydrogen (secondary N) is 3. The molecule has 3 N–H and O–H groups in total. The molecule has 5 rings (SSSR count). The Balaban J connectivity index is 1.39. The summed E-state index contributed by atoms with van der Waals surface area (Å²) in [6.45, 7) is 2.06. The number of H-pyrrole nitrogens is 1. The third kappa shape index (κ3) is 2.81. The lowest BCUT2D eigenvalue weighted by Crippen LogP contribution is -2.50. The van der Waals surface area contributed by atoms with Gasteiger partial charge < -0.3 is 15.4 Å². The molecule has 1 saturated carbocycles. The summed E-state index contributed by atoms with van der Waals surface area (Å²) in [5.41, 5.74) is 3.74. The quantitative estimate of drug-likeness (QED) is 0.630. The van der Waals surface area contributed by atoms with Gasteiger partial charge in [-0.25, -0.2) is 4.79 Å². The van der Waals surface area contributed by atoms with Crippen molar-refractivity contribution in [1.29, 1.82) is 0 Å². The molecule has 2 amide bonds. The van der Waals surface area contributed by atoms with Crippen LogP contribution in [0.3, 0.4) is 0 Å². The number of aromatic amines is 1. The predicted octanol–water partition coefficient (Wildman–Crippen LogP) is 4.44. The molecule has 6 heteroatoms. The van der Waals surface area contributed by atoms with Gasteiger partial charge in [0.2, 0.25) is 0 Å². The number of nitrogens with zero attached hydrogens (tertiary/aromatic N) is 1. The molecule has 6 nitrogen and oxygen atoms in total. The second kappa shape index (κ2) is 6.01. The van der Waals surface area contributed by atoms with Gasteiger partial charge in [0, 0.05) is 17.4 Å². The average molecular weight is 362 g/mol. The Labute approximate surface area is 157 Å². The summed E-state index contributed by atoms with van der Waals surface area (Å²) in [6.07, 6.45) is 5.82. The van der Waals surface area contributed by atoms with Gasteiger partial charge in [0.1, 0.15) is 11.4 Å². The van der Waals surface area contributed by atoms with E-state index in [9.17, 15) is 4.79 Å². The van der Waals surface area contributed by atoms with E-state index in [4.69, 9.17) is 4.74 Å². The molecule has 0 saturated heterocycles. The standard InChI is InChI=1S/C21H22N4O2/c1-13-6-7-14-18(11-21(8-3-9-21)27-19(14)10-13)24-20(26)23-16-4-2-5-17-15(16)12-22-25-17/h2,4-7,10,12,18H,3,8-9,11H2,1H3,(H,22,25)(H2,23,24,26). The minimum absolute atomic E-state index is 0.0572. The van der Waals surface area contributed by atoms with Gasteiger partial charge >= 0.3 is 6.03 Å². The molecule has 1 aliphatic carbocycles. The van der Waals surface area contributed by atoms with Crippen LogP contribution in [-0.4, -0.2) is 21.8 Å².